The molecule has 0 N–H and O–H groups in total. The molecule has 0 saturated heterocycles. The Morgan fingerprint density at radius 2 is 1.68 bits per heavy atom. The minimum absolute atomic E-state index is 0.199. The zero-order valence-electron chi connectivity index (χ0n) is 13.9. The number of rotatable bonds is 8. The highest BCUT2D eigenvalue weighted by Gasteiger charge is 2.24. The first-order valence-electron chi connectivity index (χ1n) is 7.91. The highest BCUT2D eigenvalue weighted by atomic mass is 16.5. The molecule has 0 amide bonds. The summed E-state index contributed by atoms with van der Waals surface area (Å²) in [4.78, 5) is 24.2. The van der Waals surface area contributed by atoms with E-state index in [2.05, 4.69) is 13.8 Å². The van der Waals surface area contributed by atoms with Crippen LogP contribution < -0.4 is 0 Å². The lowest BCUT2D eigenvalue weighted by atomic mass is 9.89. The van der Waals surface area contributed by atoms with Gasteiger partial charge in [0, 0.05) is 0 Å². The van der Waals surface area contributed by atoms with Crippen LogP contribution >= 0.6 is 0 Å². The lowest BCUT2D eigenvalue weighted by molar-refractivity contribution is -0.148. The summed E-state index contributed by atoms with van der Waals surface area (Å²) in [5, 5.41) is 0. The summed E-state index contributed by atoms with van der Waals surface area (Å²) in [5.41, 5.74) is 1.36. The van der Waals surface area contributed by atoms with Crippen molar-refractivity contribution >= 4 is 11.9 Å². The van der Waals surface area contributed by atoms with Crippen LogP contribution in [0.4, 0.5) is 0 Å². The zero-order chi connectivity index (χ0) is 16.5. The van der Waals surface area contributed by atoms with E-state index < -0.39 is 0 Å². The standard InChI is InChI=1S/C18H26O4/c1-5-21-17(19)15(11-13(3)4)12-14-9-7-8-10-16(14)18(20)22-6-2/h7-10,13,15H,5-6,11-12H2,1-4H3. The van der Waals surface area contributed by atoms with Crippen molar-refractivity contribution in [3.8, 4) is 0 Å². The monoisotopic (exact) mass is 306 g/mol. The normalized spacial score (nSPS) is 12.0. The van der Waals surface area contributed by atoms with E-state index in [1.54, 1.807) is 26.0 Å². The van der Waals surface area contributed by atoms with Gasteiger partial charge in [-0.1, -0.05) is 32.0 Å². The molecule has 1 atom stereocenters. The Hall–Kier alpha value is -1.84. The van der Waals surface area contributed by atoms with Crippen molar-refractivity contribution in [3.05, 3.63) is 35.4 Å². The van der Waals surface area contributed by atoms with Gasteiger partial charge in [-0.2, -0.15) is 0 Å². The summed E-state index contributed by atoms with van der Waals surface area (Å²) in [7, 11) is 0. The highest BCUT2D eigenvalue weighted by molar-refractivity contribution is 5.91. The van der Waals surface area contributed by atoms with Crippen LogP contribution in [0, 0.1) is 11.8 Å². The number of hydrogen-bond acceptors (Lipinski definition) is 4. The lowest BCUT2D eigenvalue weighted by Gasteiger charge is -2.19. The van der Waals surface area contributed by atoms with E-state index in [4.69, 9.17) is 9.47 Å². The third-order valence-electron chi connectivity index (χ3n) is 3.35. The van der Waals surface area contributed by atoms with Crippen LogP contribution in [0.5, 0.6) is 0 Å². The van der Waals surface area contributed by atoms with Crippen LogP contribution in [0.25, 0.3) is 0 Å². The van der Waals surface area contributed by atoms with Crippen LogP contribution in [0.1, 0.15) is 50.0 Å². The molecule has 0 aliphatic rings. The first kappa shape index (κ1) is 18.2. The van der Waals surface area contributed by atoms with Gasteiger partial charge in [-0.3, -0.25) is 4.79 Å². The van der Waals surface area contributed by atoms with Crippen molar-refractivity contribution in [1.82, 2.24) is 0 Å². The molecule has 0 fully saturated rings. The minimum Gasteiger partial charge on any atom is -0.466 e. The van der Waals surface area contributed by atoms with Crippen LogP contribution in [0.15, 0.2) is 24.3 Å². The van der Waals surface area contributed by atoms with Crippen LogP contribution in [0.3, 0.4) is 0 Å². The summed E-state index contributed by atoms with van der Waals surface area (Å²) in [6.07, 6.45) is 1.22. The van der Waals surface area contributed by atoms with Crippen molar-refractivity contribution in [3.63, 3.8) is 0 Å². The number of benzene rings is 1. The van der Waals surface area contributed by atoms with Crippen molar-refractivity contribution in [1.29, 1.82) is 0 Å². The van der Waals surface area contributed by atoms with Crippen molar-refractivity contribution in [2.45, 2.75) is 40.5 Å². The van der Waals surface area contributed by atoms with Crippen LogP contribution in [0.2, 0.25) is 0 Å². The molecule has 0 aliphatic heterocycles. The molecule has 22 heavy (non-hydrogen) atoms. The Kier molecular flexibility index (Phi) is 7.64. The van der Waals surface area contributed by atoms with Crippen molar-refractivity contribution in [2.75, 3.05) is 13.2 Å². The number of hydrogen-bond donors (Lipinski definition) is 0. The topological polar surface area (TPSA) is 52.6 Å². The summed E-state index contributed by atoms with van der Waals surface area (Å²) >= 11 is 0. The molecular formula is C18H26O4. The van der Waals surface area contributed by atoms with Gasteiger partial charge in [-0.25, -0.2) is 4.79 Å². The fraction of sp³-hybridized carbons (Fsp3) is 0.556. The molecule has 0 heterocycles. The van der Waals surface area contributed by atoms with Gasteiger partial charge < -0.3 is 9.47 Å². The van der Waals surface area contributed by atoms with Gasteiger partial charge in [0.2, 0.25) is 0 Å². The van der Waals surface area contributed by atoms with E-state index >= 15 is 0 Å². The molecule has 0 aromatic heterocycles. The quantitative estimate of drug-likeness (QED) is 0.688. The first-order valence-corrected chi connectivity index (χ1v) is 7.91. The lowest BCUT2D eigenvalue weighted by Crippen LogP contribution is -2.23. The average Bonchev–Trinajstić information content (AvgIpc) is 2.47. The van der Waals surface area contributed by atoms with Gasteiger partial charge in [0.15, 0.2) is 0 Å². The number of esters is 2. The fourth-order valence-corrected chi connectivity index (χ4v) is 2.46. The maximum atomic E-state index is 12.2. The Labute approximate surface area is 132 Å². The maximum Gasteiger partial charge on any atom is 0.338 e. The molecule has 0 radical (unpaired) electrons. The average molecular weight is 306 g/mol. The molecule has 1 unspecified atom stereocenters. The Morgan fingerprint density at radius 1 is 1.05 bits per heavy atom. The molecule has 0 aliphatic carbocycles. The van der Waals surface area contributed by atoms with E-state index in [-0.39, 0.29) is 17.9 Å². The van der Waals surface area contributed by atoms with E-state index in [0.29, 0.717) is 31.1 Å². The second kappa shape index (κ2) is 9.23. The third-order valence-corrected chi connectivity index (χ3v) is 3.35. The molecule has 4 heteroatoms. The summed E-state index contributed by atoms with van der Waals surface area (Å²) in [6.45, 7) is 8.43. The first-order chi connectivity index (χ1) is 10.5. The summed E-state index contributed by atoms with van der Waals surface area (Å²) < 4.78 is 10.3. The number of carbonyl (C=O) groups excluding carboxylic acids is 2. The molecule has 1 aromatic carbocycles. The molecule has 1 rings (SSSR count). The summed E-state index contributed by atoms with van der Waals surface area (Å²) in [5.74, 6) is -0.403. The Bertz CT molecular complexity index is 494. The van der Waals surface area contributed by atoms with Crippen LogP contribution in [-0.4, -0.2) is 25.2 Å². The van der Waals surface area contributed by atoms with Gasteiger partial charge in [-0.05, 0) is 44.2 Å². The molecule has 1 aromatic rings. The second-order valence-corrected chi connectivity index (χ2v) is 5.66. The second-order valence-electron chi connectivity index (χ2n) is 5.66. The van der Waals surface area contributed by atoms with Crippen molar-refractivity contribution < 1.29 is 19.1 Å². The molecular weight excluding hydrogens is 280 g/mol. The van der Waals surface area contributed by atoms with Crippen LogP contribution in [-0.2, 0) is 20.7 Å². The molecule has 0 bridgehead atoms. The summed E-state index contributed by atoms with van der Waals surface area (Å²) in [6, 6.07) is 7.29. The Balaban J connectivity index is 2.97. The molecule has 0 saturated carbocycles. The van der Waals surface area contributed by atoms with Gasteiger partial charge >= 0.3 is 11.9 Å². The SMILES string of the molecule is CCOC(=O)c1ccccc1CC(CC(C)C)C(=O)OCC. The zero-order valence-corrected chi connectivity index (χ0v) is 13.9. The van der Waals surface area contributed by atoms with E-state index in [1.807, 2.05) is 12.1 Å². The van der Waals surface area contributed by atoms with Gasteiger partial charge in [-0.15, -0.1) is 0 Å². The van der Waals surface area contributed by atoms with E-state index in [0.717, 1.165) is 12.0 Å². The minimum atomic E-state index is -0.342. The highest BCUT2D eigenvalue weighted by Crippen LogP contribution is 2.22. The molecule has 0 spiro atoms. The van der Waals surface area contributed by atoms with Gasteiger partial charge in [0.05, 0.1) is 24.7 Å². The van der Waals surface area contributed by atoms with Gasteiger partial charge in [0.25, 0.3) is 0 Å². The van der Waals surface area contributed by atoms with Crippen molar-refractivity contribution in [2.24, 2.45) is 11.8 Å². The fourth-order valence-electron chi connectivity index (χ4n) is 2.46. The molecule has 122 valence electrons. The largest absolute Gasteiger partial charge is 0.466 e. The van der Waals surface area contributed by atoms with Gasteiger partial charge in [0.1, 0.15) is 0 Å². The number of ether oxygens (including phenoxy) is 2. The number of carbonyl (C=O) groups is 2. The predicted octanol–water partition coefficient (Wildman–Crippen LogP) is 3.63. The smallest absolute Gasteiger partial charge is 0.338 e. The molecule has 4 nitrogen and oxygen atoms in total. The third kappa shape index (κ3) is 5.51. The van der Waals surface area contributed by atoms with E-state index in [9.17, 15) is 9.59 Å². The Morgan fingerprint density at radius 3 is 2.27 bits per heavy atom. The van der Waals surface area contributed by atoms with E-state index in [1.165, 1.54) is 0 Å². The predicted molar refractivity (Wildman–Crippen MR) is 85.7 cm³/mol. The maximum absolute atomic E-state index is 12.2.